The SMILES string of the molecule is CCC(CC(=O)O)NC(=O)c1cc(F)cnc1Cl. The molecule has 0 fully saturated rings. The zero-order valence-corrected chi connectivity index (χ0v) is 10.4. The van der Waals surface area contributed by atoms with Crippen LogP contribution in [0.25, 0.3) is 0 Å². The smallest absolute Gasteiger partial charge is 0.305 e. The molecule has 0 aliphatic heterocycles. The summed E-state index contributed by atoms with van der Waals surface area (Å²) in [4.78, 5) is 25.8. The van der Waals surface area contributed by atoms with E-state index in [-0.39, 0.29) is 17.1 Å². The lowest BCUT2D eigenvalue weighted by Gasteiger charge is -2.15. The number of carbonyl (C=O) groups excluding carboxylic acids is 1. The van der Waals surface area contributed by atoms with Gasteiger partial charge in [0.1, 0.15) is 11.0 Å². The summed E-state index contributed by atoms with van der Waals surface area (Å²) in [7, 11) is 0. The Kier molecular flexibility index (Phi) is 5.03. The lowest BCUT2D eigenvalue weighted by Crippen LogP contribution is -2.36. The molecule has 7 heteroatoms. The Hall–Kier alpha value is -1.69. The Balaban J connectivity index is 2.80. The second-order valence-electron chi connectivity index (χ2n) is 3.67. The Morgan fingerprint density at radius 1 is 1.61 bits per heavy atom. The van der Waals surface area contributed by atoms with Crippen LogP contribution in [0.5, 0.6) is 0 Å². The summed E-state index contributed by atoms with van der Waals surface area (Å²) in [5, 5.41) is 11.0. The molecule has 1 aromatic rings. The van der Waals surface area contributed by atoms with Crippen LogP contribution >= 0.6 is 11.6 Å². The van der Waals surface area contributed by atoms with Gasteiger partial charge < -0.3 is 10.4 Å². The van der Waals surface area contributed by atoms with Crippen molar-refractivity contribution in [1.29, 1.82) is 0 Å². The number of carboxylic acids is 1. The highest BCUT2D eigenvalue weighted by Crippen LogP contribution is 2.14. The lowest BCUT2D eigenvalue weighted by atomic mass is 10.1. The normalized spacial score (nSPS) is 11.9. The Morgan fingerprint density at radius 3 is 2.83 bits per heavy atom. The zero-order chi connectivity index (χ0) is 13.7. The molecule has 0 saturated heterocycles. The zero-order valence-electron chi connectivity index (χ0n) is 9.61. The van der Waals surface area contributed by atoms with E-state index in [1.165, 1.54) is 0 Å². The maximum absolute atomic E-state index is 12.9. The number of aliphatic carboxylic acids is 1. The van der Waals surface area contributed by atoms with Crippen LogP contribution in [0.3, 0.4) is 0 Å². The van der Waals surface area contributed by atoms with E-state index >= 15 is 0 Å². The minimum absolute atomic E-state index is 0.111. The average molecular weight is 275 g/mol. The van der Waals surface area contributed by atoms with Gasteiger partial charge in [-0.25, -0.2) is 9.37 Å². The highest BCUT2D eigenvalue weighted by atomic mass is 35.5. The van der Waals surface area contributed by atoms with E-state index in [2.05, 4.69) is 10.3 Å². The fourth-order valence-electron chi connectivity index (χ4n) is 1.35. The molecule has 0 spiro atoms. The highest BCUT2D eigenvalue weighted by molar-refractivity contribution is 6.32. The number of hydrogen-bond acceptors (Lipinski definition) is 3. The van der Waals surface area contributed by atoms with Crippen molar-refractivity contribution >= 4 is 23.5 Å². The number of nitrogens with zero attached hydrogens (tertiary/aromatic N) is 1. The number of carbonyl (C=O) groups is 2. The van der Waals surface area contributed by atoms with Crippen molar-refractivity contribution in [2.45, 2.75) is 25.8 Å². The van der Waals surface area contributed by atoms with E-state index in [0.29, 0.717) is 6.42 Å². The van der Waals surface area contributed by atoms with Crippen LogP contribution in [0.15, 0.2) is 12.3 Å². The van der Waals surface area contributed by atoms with E-state index in [4.69, 9.17) is 16.7 Å². The van der Waals surface area contributed by atoms with Gasteiger partial charge in [0.15, 0.2) is 0 Å². The third-order valence-corrected chi connectivity index (χ3v) is 2.60. The van der Waals surface area contributed by atoms with Crippen molar-refractivity contribution in [2.24, 2.45) is 0 Å². The molecule has 1 aromatic heterocycles. The van der Waals surface area contributed by atoms with E-state index in [1.807, 2.05) is 0 Å². The lowest BCUT2D eigenvalue weighted by molar-refractivity contribution is -0.137. The summed E-state index contributed by atoms with van der Waals surface area (Å²) in [6.45, 7) is 1.74. The van der Waals surface area contributed by atoms with Crippen molar-refractivity contribution < 1.29 is 19.1 Å². The molecule has 0 aromatic carbocycles. The summed E-state index contributed by atoms with van der Waals surface area (Å²) in [5.41, 5.74) is -0.111. The molecule has 0 bridgehead atoms. The fourth-order valence-corrected chi connectivity index (χ4v) is 1.54. The third kappa shape index (κ3) is 3.96. The molecule has 1 rings (SSSR count). The minimum atomic E-state index is -1.02. The first-order valence-electron chi connectivity index (χ1n) is 5.27. The summed E-state index contributed by atoms with van der Waals surface area (Å²) >= 11 is 5.67. The van der Waals surface area contributed by atoms with Crippen molar-refractivity contribution in [2.75, 3.05) is 0 Å². The van der Waals surface area contributed by atoms with E-state index in [1.54, 1.807) is 6.92 Å². The number of carboxylic acid groups (broad SMARTS) is 1. The van der Waals surface area contributed by atoms with E-state index in [9.17, 15) is 14.0 Å². The molecule has 1 unspecified atom stereocenters. The molecule has 1 heterocycles. The van der Waals surface area contributed by atoms with Crippen molar-refractivity contribution in [3.8, 4) is 0 Å². The fraction of sp³-hybridized carbons (Fsp3) is 0.364. The Labute approximate surface area is 108 Å². The molecule has 0 aliphatic rings. The first-order valence-corrected chi connectivity index (χ1v) is 5.65. The summed E-state index contributed by atoms with van der Waals surface area (Å²) in [5.74, 6) is -2.35. The van der Waals surface area contributed by atoms with Crippen molar-refractivity contribution in [3.63, 3.8) is 0 Å². The van der Waals surface area contributed by atoms with E-state index in [0.717, 1.165) is 12.3 Å². The molecule has 1 atom stereocenters. The van der Waals surface area contributed by atoms with Gasteiger partial charge in [0.2, 0.25) is 0 Å². The van der Waals surface area contributed by atoms with Crippen molar-refractivity contribution in [1.82, 2.24) is 10.3 Å². The van der Waals surface area contributed by atoms with Gasteiger partial charge in [-0.05, 0) is 12.5 Å². The number of aromatic nitrogens is 1. The molecule has 98 valence electrons. The minimum Gasteiger partial charge on any atom is -0.481 e. The second kappa shape index (κ2) is 6.30. The van der Waals surface area contributed by atoms with Gasteiger partial charge in [-0.1, -0.05) is 18.5 Å². The van der Waals surface area contributed by atoms with Gasteiger partial charge in [-0.3, -0.25) is 9.59 Å². The molecule has 0 saturated carbocycles. The highest BCUT2D eigenvalue weighted by Gasteiger charge is 2.18. The summed E-state index contributed by atoms with van der Waals surface area (Å²) in [6, 6.07) is 0.423. The predicted octanol–water partition coefficient (Wildman–Crippen LogP) is 1.86. The van der Waals surface area contributed by atoms with Crippen LogP contribution < -0.4 is 5.32 Å². The molecule has 1 amide bonds. The van der Waals surface area contributed by atoms with Gasteiger partial charge in [-0.15, -0.1) is 0 Å². The number of pyridine rings is 1. The van der Waals surface area contributed by atoms with Gasteiger partial charge >= 0.3 is 5.97 Å². The van der Waals surface area contributed by atoms with Gasteiger partial charge in [0.25, 0.3) is 5.91 Å². The molecular formula is C11H12ClFN2O3. The maximum Gasteiger partial charge on any atom is 0.305 e. The largest absolute Gasteiger partial charge is 0.481 e. The molecular weight excluding hydrogens is 263 g/mol. The Morgan fingerprint density at radius 2 is 2.28 bits per heavy atom. The molecule has 0 aliphatic carbocycles. The topological polar surface area (TPSA) is 79.3 Å². The van der Waals surface area contributed by atoms with Gasteiger partial charge in [-0.2, -0.15) is 0 Å². The van der Waals surface area contributed by atoms with Gasteiger partial charge in [0, 0.05) is 6.04 Å². The van der Waals surface area contributed by atoms with Crippen LogP contribution in [0.2, 0.25) is 5.15 Å². The molecule has 5 nitrogen and oxygen atoms in total. The van der Waals surface area contributed by atoms with Crippen LogP contribution in [-0.4, -0.2) is 28.0 Å². The summed E-state index contributed by atoms with van der Waals surface area (Å²) in [6.07, 6.45) is 1.13. The van der Waals surface area contributed by atoms with Crippen LogP contribution in [0.4, 0.5) is 4.39 Å². The standard InChI is InChI=1S/C11H12ClFN2O3/c1-2-7(4-9(16)17)15-11(18)8-3-6(13)5-14-10(8)12/h3,5,7H,2,4H2,1H3,(H,15,18)(H,16,17). The third-order valence-electron chi connectivity index (χ3n) is 2.30. The number of halogens is 2. The number of amides is 1. The first kappa shape index (κ1) is 14.4. The maximum atomic E-state index is 12.9. The summed E-state index contributed by atoms with van der Waals surface area (Å²) < 4.78 is 12.9. The molecule has 2 N–H and O–H groups in total. The number of hydrogen-bond donors (Lipinski definition) is 2. The molecule has 0 radical (unpaired) electrons. The second-order valence-corrected chi connectivity index (χ2v) is 4.03. The van der Waals surface area contributed by atoms with Crippen LogP contribution in [-0.2, 0) is 4.79 Å². The van der Waals surface area contributed by atoms with Crippen molar-refractivity contribution in [3.05, 3.63) is 28.8 Å². The first-order chi connectivity index (χ1) is 8.43. The monoisotopic (exact) mass is 274 g/mol. The number of rotatable bonds is 5. The predicted molar refractivity (Wildman–Crippen MR) is 63.0 cm³/mol. The van der Waals surface area contributed by atoms with Crippen LogP contribution in [0.1, 0.15) is 30.1 Å². The quantitative estimate of drug-likeness (QED) is 0.803. The average Bonchev–Trinajstić information content (AvgIpc) is 2.30. The Bertz CT molecular complexity index is 468. The molecule has 18 heavy (non-hydrogen) atoms. The van der Waals surface area contributed by atoms with Crippen LogP contribution in [0, 0.1) is 5.82 Å². The van der Waals surface area contributed by atoms with Gasteiger partial charge in [0.05, 0.1) is 18.2 Å². The number of nitrogens with one attached hydrogen (secondary N) is 1. The van der Waals surface area contributed by atoms with E-state index < -0.39 is 23.7 Å².